The van der Waals surface area contributed by atoms with Gasteiger partial charge < -0.3 is 25.4 Å². The van der Waals surface area contributed by atoms with Gasteiger partial charge in [-0.3, -0.25) is 43.3 Å². The lowest BCUT2D eigenvalue weighted by Crippen LogP contribution is -2.55. The van der Waals surface area contributed by atoms with E-state index in [0.717, 1.165) is 19.2 Å². The summed E-state index contributed by atoms with van der Waals surface area (Å²) in [6.45, 7) is -0.0385. The van der Waals surface area contributed by atoms with Gasteiger partial charge in [-0.05, 0) is 144 Å². The number of alkyl halides is 15. The maximum absolute atomic E-state index is 16.0. The van der Waals surface area contributed by atoms with E-state index in [2.05, 4.69) is 5.32 Å². The number of rotatable bonds is 15. The summed E-state index contributed by atoms with van der Waals surface area (Å²) in [6.07, 6.45) is -31.0. The van der Waals surface area contributed by atoms with Crippen LogP contribution in [-0.2, 0) is 21.0 Å². The van der Waals surface area contributed by atoms with Crippen molar-refractivity contribution in [3.8, 4) is 11.5 Å². The zero-order valence-electron chi connectivity index (χ0n) is 50.3. The molecule has 4 N–H and O–H groups in total. The minimum Gasteiger partial charge on any atom is -0.506 e. The molecule has 0 spiro atoms. The number of esters is 1. The molecule has 8 amide bonds. The van der Waals surface area contributed by atoms with Gasteiger partial charge in [-0.1, -0.05) is 43.8 Å². The Morgan fingerprint density at radius 2 is 0.750 bits per heavy atom. The predicted molar refractivity (Wildman–Crippen MR) is 319 cm³/mol. The Balaban J connectivity index is 0.0000108. The predicted octanol–water partition coefficient (Wildman–Crippen LogP) is 13.0. The number of fused-ring (bicyclic) bond motifs is 4. The topological polar surface area (TPSA) is 249 Å². The average Bonchev–Trinajstić information content (AvgIpc) is 1.03. The van der Waals surface area contributed by atoms with E-state index in [0.29, 0.717) is 77.4 Å². The Morgan fingerprint density at radius 1 is 0.420 bits per heavy atom. The molecule has 1 unspecified atom stereocenters. The molecule has 0 fully saturated rings. The number of amides is 8. The van der Waals surface area contributed by atoms with E-state index in [1.54, 1.807) is 0 Å². The molecule has 11 rings (SSSR count). The molecule has 0 radical (unpaired) electrons. The minimum atomic E-state index is -6.51. The first kappa shape index (κ1) is 71.6. The number of phenols is 2. The molecular formula is C67H46F15N5O13. The number of carbonyl (C=O) groups is 9. The number of halogens is 15. The number of hydrogen-bond donors (Lipinski definition) is 4. The highest BCUT2D eigenvalue weighted by Gasteiger charge is 2.74. The molecule has 522 valence electrons. The largest absolute Gasteiger partial charge is 0.506 e. The summed E-state index contributed by atoms with van der Waals surface area (Å²) < 4.78 is 241. The number of aliphatic hydroxyl groups is 1. The molecule has 18 nitrogen and oxygen atoms in total. The number of hydrogen-bond acceptors (Lipinski definition) is 14. The van der Waals surface area contributed by atoms with Crippen LogP contribution in [0.15, 0.2) is 127 Å². The Kier molecular flexibility index (Phi) is 17.3. The fraction of sp³-hybridized carbons (Fsp3) is 0.239. The second-order valence-electron chi connectivity index (χ2n) is 23.2. The summed E-state index contributed by atoms with van der Waals surface area (Å²) in [5.41, 5.74) is -34.0. The number of anilines is 4. The number of ether oxygens (including phenoxy) is 1. The van der Waals surface area contributed by atoms with E-state index in [1.807, 2.05) is 0 Å². The molecule has 0 bridgehead atoms. The molecular weight excluding hydrogens is 1370 g/mol. The van der Waals surface area contributed by atoms with Crippen LogP contribution in [0.2, 0.25) is 0 Å². The minimum absolute atomic E-state index is 0. The summed E-state index contributed by atoms with van der Waals surface area (Å²) in [5.74, 6) is -15.5. The molecule has 0 aliphatic carbocycles. The van der Waals surface area contributed by atoms with Gasteiger partial charge in [0.1, 0.15) is 16.9 Å². The maximum atomic E-state index is 16.0. The van der Waals surface area contributed by atoms with Crippen molar-refractivity contribution in [2.45, 2.75) is 74.3 Å². The highest BCUT2D eigenvalue weighted by atomic mass is 19.4. The van der Waals surface area contributed by atoms with Crippen molar-refractivity contribution in [3.05, 3.63) is 211 Å². The van der Waals surface area contributed by atoms with Crippen LogP contribution in [0.5, 0.6) is 11.5 Å². The van der Waals surface area contributed by atoms with E-state index in [1.165, 1.54) is 13.1 Å². The van der Waals surface area contributed by atoms with Crippen LogP contribution in [0.25, 0.3) is 0 Å². The second kappa shape index (κ2) is 24.1. The zero-order chi connectivity index (χ0) is 72.7. The number of nitrogens with zero attached hydrogens (tertiary/aromatic N) is 4. The van der Waals surface area contributed by atoms with Gasteiger partial charge in [0, 0.05) is 26.4 Å². The molecule has 1 atom stereocenters. The van der Waals surface area contributed by atoms with Gasteiger partial charge >= 0.3 is 36.9 Å². The lowest BCUT2D eigenvalue weighted by atomic mass is 9.71. The normalized spacial score (nSPS) is 15.7. The van der Waals surface area contributed by atoms with Gasteiger partial charge in [-0.2, -0.15) is 65.9 Å². The van der Waals surface area contributed by atoms with E-state index in [-0.39, 0.29) is 103 Å². The van der Waals surface area contributed by atoms with Crippen molar-refractivity contribution in [2.75, 3.05) is 47.3 Å². The fourth-order valence-electron chi connectivity index (χ4n) is 12.6. The van der Waals surface area contributed by atoms with E-state index >= 15 is 65.9 Å². The van der Waals surface area contributed by atoms with Crippen molar-refractivity contribution in [3.63, 3.8) is 0 Å². The van der Waals surface area contributed by atoms with Gasteiger partial charge in [0.15, 0.2) is 0 Å². The van der Waals surface area contributed by atoms with Gasteiger partial charge in [-0.25, -0.2) is 19.5 Å². The highest BCUT2D eigenvalue weighted by molar-refractivity contribution is 6.37. The lowest BCUT2D eigenvalue weighted by Gasteiger charge is -2.38. The molecule has 0 aromatic heterocycles. The molecule has 0 saturated heterocycles. The summed E-state index contributed by atoms with van der Waals surface area (Å²) in [6, 6.07) is 8.72. The Morgan fingerprint density at radius 3 is 1.11 bits per heavy atom. The number of aliphatic hydroxyl groups excluding tert-OH is 1. The van der Waals surface area contributed by atoms with Crippen molar-refractivity contribution >= 4 is 76.0 Å². The summed E-state index contributed by atoms with van der Waals surface area (Å²) >= 11 is 0. The van der Waals surface area contributed by atoms with Gasteiger partial charge in [0.05, 0.1) is 73.7 Å². The molecule has 100 heavy (non-hydrogen) atoms. The molecule has 4 aliphatic rings. The molecule has 4 aliphatic heterocycles. The van der Waals surface area contributed by atoms with E-state index < -0.39 is 207 Å². The van der Waals surface area contributed by atoms with Gasteiger partial charge in [-0.15, -0.1) is 0 Å². The molecule has 33 heteroatoms. The van der Waals surface area contributed by atoms with Crippen LogP contribution in [0.1, 0.15) is 154 Å². The lowest BCUT2D eigenvalue weighted by molar-refractivity contribution is -0.290. The third-order valence-electron chi connectivity index (χ3n) is 17.8. The van der Waals surface area contributed by atoms with E-state index in [9.17, 15) is 53.4 Å². The molecule has 7 aromatic carbocycles. The number of unbranched alkanes of at least 4 members (excludes halogenated alkanes) is 1. The van der Waals surface area contributed by atoms with Gasteiger partial charge in [0.25, 0.3) is 47.3 Å². The van der Waals surface area contributed by atoms with Crippen LogP contribution in [0.4, 0.5) is 88.6 Å². The monoisotopic (exact) mass is 1410 g/mol. The molecule has 0 saturated carbocycles. The van der Waals surface area contributed by atoms with Crippen LogP contribution < -0.4 is 20.0 Å². The Labute approximate surface area is 552 Å². The third-order valence-corrected chi connectivity index (χ3v) is 17.8. The Bertz CT molecular complexity index is 4710. The standard InChI is InChI=1S/C66H42F15N5O13.CH4/c1-59(62(67,68)69,30-10-16-48(88)46(26-30)85-53(93)40-14-8-34(24-44(40)56(85)96)60(63(70,71)72,64(73,74)75)32-6-12-38-42(22-32)51(91)83(3)50(38)90)31-11-17-49(89)47(27-31)86-54(94)41-15-9-35(25-45(41)57(86)97)61(65(76,77)78,66(79,80)81)33-7-13-39-43(23-33)55(95)84(52(39)92)37-21-29(20-36(28-37)82-2)58(98)99-19-5-4-18-87;/h6-17,20-28,82,87-89H,4-5,18-19H2,1-3H3;1H4. The van der Waals surface area contributed by atoms with Crippen LogP contribution in [0, 0.1) is 0 Å². The van der Waals surface area contributed by atoms with Crippen molar-refractivity contribution < 1.29 is 129 Å². The fourth-order valence-corrected chi connectivity index (χ4v) is 12.6. The zero-order valence-corrected chi connectivity index (χ0v) is 50.3. The number of nitrogens with one attached hydrogen (secondary N) is 1. The second-order valence-corrected chi connectivity index (χ2v) is 23.2. The van der Waals surface area contributed by atoms with Crippen LogP contribution >= 0.6 is 0 Å². The maximum Gasteiger partial charge on any atom is 0.411 e. The first-order valence-electron chi connectivity index (χ1n) is 28.7. The van der Waals surface area contributed by atoms with Crippen LogP contribution in [0.3, 0.4) is 0 Å². The summed E-state index contributed by atoms with van der Waals surface area (Å²) in [4.78, 5) is 124. The number of aromatic hydroxyl groups is 2. The SMILES string of the molecule is C.CNc1cc(C(=O)OCCCCO)cc(N2C(=O)c3ccc(C(c4ccc5c(c4)C(=O)N(c4cc(C(C)(c6ccc(O)c(N7C(=O)c8ccc(C(c9ccc%10c(c9)C(=O)N(C)C%10=O)(C(F)(F)F)C(F)(F)F)cc8C7=O)c6)C(F)(F)F)ccc4O)C5=O)(C(F)(F)F)C(F)(F)F)cc3C2=O)c1. The number of benzene rings is 7. The quantitative estimate of drug-likeness (QED) is 0.0323. The van der Waals surface area contributed by atoms with E-state index in [4.69, 9.17) is 9.84 Å². The third kappa shape index (κ3) is 10.4. The van der Waals surface area contributed by atoms with Crippen molar-refractivity contribution in [1.82, 2.24) is 4.90 Å². The molecule has 4 heterocycles. The number of carbonyl (C=O) groups excluding carboxylic acids is 9. The number of phenolic OH excluding ortho intramolecular Hbond substituents is 2. The average molecular weight is 1410 g/mol. The van der Waals surface area contributed by atoms with Gasteiger partial charge in [0.2, 0.25) is 10.8 Å². The Hall–Kier alpha value is -11.1. The molecule has 7 aromatic rings. The first-order valence-corrected chi connectivity index (χ1v) is 28.7. The van der Waals surface area contributed by atoms with Crippen molar-refractivity contribution in [2.24, 2.45) is 0 Å². The highest BCUT2D eigenvalue weighted by Crippen LogP contribution is 2.60. The smallest absolute Gasteiger partial charge is 0.411 e. The number of imide groups is 4. The summed E-state index contributed by atoms with van der Waals surface area (Å²) in [7, 11) is 2.26. The summed E-state index contributed by atoms with van der Waals surface area (Å²) in [5, 5.41) is 34.0. The van der Waals surface area contributed by atoms with Crippen molar-refractivity contribution in [1.29, 1.82) is 0 Å². The van der Waals surface area contributed by atoms with Crippen LogP contribution in [-0.4, -0.2) is 132 Å². The first-order chi connectivity index (χ1) is 46.1.